The number of anilines is 1. The van der Waals surface area contributed by atoms with Crippen LogP contribution in [-0.4, -0.2) is 57.6 Å². The Labute approximate surface area is 199 Å². The summed E-state index contributed by atoms with van der Waals surface area (Å²) in [6, 6.07) is -0.797. The van der Waals surface area contributed by atoms with E-state index in [1.54, 1.807) is 38.3 Å². The van der Waals surface area contributed by atoms with Crippen LogP contribution >= 0.6 is 23.1 Å². The smallest absolute Gasteiger partial charge is 0.357 e. The van der Waals surface area contributed by atoms with Crippen molar-refractivity contribution in [2.75, 3.05) is 18.3 Å². The third-order valence-corrected chi connectivity index (χ3v) is 6.64. The van der Waals surface area contributed by atoms with Crippen molar-refractivity contribution in [2.45, 2.75) is 45.5 Å². The van der Waals surface area contributed by atoms with E-state index in [0.717, 1.165) is 0 Å². The molecule has 2 aliphatic rings. The summed E-state index contributed by atoms with van der Waals surface area (Å²) in [5.41, 5.74) is 5.81. The van der Waals surface area contributed by atoms with E-state index in [-0.39, 0.29) is 5.70 Å². The van der Waals surface area contributed by atoms with Crippen molar-refractivity contribution in [3.8, 4) is 0 Å². The number of thioether (sulfide) groups is 1. The summed E-state index contributed by atoms with van der Waals surface area (Å²) in [4.78, 5) is 55.4. The Balaban J connectivity index is 1.61. The van der Waals surface area contributed by atoms with E-state index in [9.17, 15) is 19.2 Å². The molecule has 1 aromatic rings. The number of thiazole rings is 1. The van der Waals surface area contributed by atoms with Gasteiger partial charge in [-0.2, -0.15) is 0 Å². The van der Waals surface area contributed by atoms with E-state index in [1.165, 1.54) is 28.0 Å². The molecule has 1 aromatic heterocycles. The minimum absolute atomic E-state index is 0.0673. The van der Waals surface area contributed by atoms with Gasteiger partial charge in [-0.15, -0.1) is 23.1 Å². The van der Waals surface area contributed by atoms with E-state index in [1.807, 2.05) is 6.92 Å². The highest BCUT2D eigenvalue weighted by atomic mass is 32.2. The van der Waals surface area contributed by atoms with E-state index in [4.69, 9.17) is 15.2 Å². The first-order valence-corrected chi connectivity index (χ1v) is 12.2. The highest BCUT2D eigenvalue weighted by Gasteiger charge is 2.53. The fraction of sp³-hybridized carbons (Fsp3) is 0.476. The number of nitrogens with two attached hydrogens (primary N) is 1. The Bertz CT molecular complexity index is 1030. The molecule has 0 bridgehead atoms. The first kappa shape index (κ1) is 24.8. The van der Waals surface area contributed by atoms with Crippen molar-refractivity contribution >= 4 is 57.6 Å². The zero-order chi connectivity index (χ0) is 24.3. The summed E-state index contributed by atoms with van der Waals surface area (Å²) in [5, 5.41) is 4.33. The Morgan fingerprint density at radius 1 is 1.33 bits per heavy atom. The van der Waals surface area contributed by atoms with Crippen LogP contribution in [-0.2, 0) is 28.7 Å². The van der Waals surface area contributed by atoms with Crippen molar-refractivity contribution in [1.82, 2.24) is 15.2 Å². The SMILES string of the molecule is CC/C=C(\C(=O)N[C@@H]1C(=O)N2C(C(=O)OCOC(=O)C(C)(C)C)=CCS[C@@H]12)c1csc(N)n1. The van der Waals surface area contributed by atoms with Crippen molar-refractivity contribution in [3.63, 3.8) is 0 Å². The Morgan fingerprint density at radius 2 is 2.06 bits per heavy atom. The largest absolute Gasteiger partial charge is 0.427 e. The summed E-state index contributed by atoms with van der Waals surface area (Å²) >= 11 is 2.64. The number of aromatic nitrogens is 1. The van der Waals surface area contributed by atoms with Gasteiger partial charge in [0.1, 0.15) is 17.1 Å². The normalized spacial score (nSPS) is 20.4. The molecule has 0 saturated carbocycles. The van der Waals surface area contributed by atoms with Gasteiger partial charge < -0.3 is 20.5 Å². The number of carbonyl (C=O) groups excluding carboxylic acids is 4. The molecule has 2 aliphatic heterocycles. The number of allylic oxidation sites excluding steroid dienone is 1. The summed E-state index contributed by atoms with van der Waals surface area (Å²) in [5.74, 6) is -1.70. The quantitative estimate of drug-likeness (QED) is 0.251. The summed E-state index contributed by atoms with van der Waals surface area (Å²) in [6.45, 7) is 6.38. The topological polar surface area (TPSA) is 141 Å². The molecular weight excluding hydrogens is 468 g/mol. The van der Waals surface area contributed by atoms with E-state index < -0.39 is 47.4 Å². The maximum Gasteiger partial charge on any atom is 0.357 e. The molecule has 2 amide bonds. The van der Waals surface area contributed by atoms with Crippen LogP contribution in [0.1, 0.15) is 39.8 Å². The van der Waals surface area contributed by atoms with E-state index >= 15 is 0 Å². The maximum absolute atomic E-state index is 12.9. The fourth-order valence-electron chi connectivity index (χ4n) is 3.10. The van der Waals surface area contributed by atoms with Crippen LogP contribution in [0.15, 0.2) is 23.2 Å². The second-order valence-corrected chi connectivity index (χ2v) is 10.3. The van der Waals surface area contributed by atoms with Gasteiger partial charge in [0.05, 0.1) is 16.7 Å². The van der Waals surface area contributed by atoms with Crippen LogP contribution in [0.3, 0.4) is 0 Å². The number of β-lactam (4-membered cyclic amide) rings is 1. The monoisotopic (exact) mass is 494 g/mol. The molecule has 0 spiro atoms. The van der Waals surface area contributed by atoms with Crippen LogP contribution < -0.4 is 11.1 Å². The molecule has 0 aromatic carbocycles. The number of hydrogen-bond donors (Lipinski definition) is 2. The number of carbonyl (C=O) groups is 4. The third kappa shape index (κ3) is 5.38. The lowest BCUT2D eigenvalue weighted by molar-refractivity contribution is -0.173. The average Bonchev–Trinajstić information content (AvgIpc) is 3.19. The average molecular weight is 495 g/mol. The number of nitrogens with one attached hydrogen (secondary N) is 1. The number of hydrogen-bond acceptors (Lipinski definition) is 10. The van der Waals surface area contributed by atoms with Crippen LogP contribution in [0.5, 0.6) is 0 Å². The number of ether oxygens (including phenoxy) is 2. The Hall–Kier alpha value is -2.86. The molecule has 1 fully saturated rings. The van der Waals surface area contributed by atoms with Gasteiger partial charge in [-0.3, -0.25) is 19.3 Å². The van der Waals surface area contributed by atoms with Crippen molar-refractivity contribution in [2.24, 2.45) is 5.41 Å². The Kier molecular flexibility index (Phi) is 7.48. The molecule has 10 nitrogen and oxygen atoms in total. The number of rotatable bonds is 7. The minimum Gasteiger partial charge on any atom is -0.427 e. The molecule has 0 aliphatic carbocycles. The highest BCUT2D eigenvalue weighted by molar-refractivity contribution is 8.00. The predicted molar refractivity (Wildman–Crippen MR) is 124 cm³/mol. The highest BCUT2D eigenvalue weighted by Crippen LogP contribution is 2.38. The molecule has 3 rings (SSSR count). The molecule has 3 N–H and O–H groups in total. The molecule has 1 saturated heterocycles. The van der Waals surface area contributed by atoms with Gasteiger partial charge in [-0.1, -0.05) is 13.0 Å². The van der Waals surface area contributed by atoms with Gasteiger partial charge in [0.2, 0.25) is 6.79 Å². The number of fused-ring (bicyclic) bond motifs is 1. The minimum atomic E-state index is -0.797. The Morgan fingerprint density at radius 3 is 2.67 bits per heavy atom. The summed E-state index contributed by atoms with van der Waals surface area (Å²) < 4.78 is 9.97. The van der Waals surface area contributed by atoms with Gasteiger partial charge in [-0.25, -0.2) is 9.78 Å². The van der Waals surface area contributed by atoms with Crippen LogP contribution in [0, 0.1) is 5.41 Å². The molecule has 2 atom stereocenters. The lowest BCUT2D eigenvalue weighted by Gasteiger charge is -2.48. The molecule has 178 valence electrons. The van der Waals surface area contributed by atoms with Gasteiger partial charge in [0.25, 0.3) is 11.8 Å². The number of nitrogen functional groups attached to an aromatic ring is 1. The van der Waals surface area contributed by atoms with Crippen LogP contribution in [0.2, 0.25) is 0 Å². The van der Waals surface area contributed by atoms with E-state index in [0.29, 0.717) is 28.6 Å². The van der Waals surface area contributed by atoms with Crippen molar-refractivity contribution < 1.29 is 28.7 Å². The predicted octanol–water partition coefficient (Wildman–Crippen LogP) is 1.89. The molecule has 3 heterocycles. The third-order valence-electron chi connectivity index (χ3n) is 4.79. The standard InChI is InChI=1S/C21H26N4O6S2/c1-5-6-11(12-9-33-20(22)23-12)15(26)24-14-16(27)25-13(7-8-32-17(14)25)18(28)30-10-31-19(29)21(2,3)4/h6-7,9,14,17H,5,8,10H2,1-4H3,(H2,22,23)(H,24,26)/b11-6-/t14-,17+/m1/s1. The van der Waals surface area contributed by atoms with E-state index in [2.05, 4.69) is 10.3 Å². The fourth-order valence-corrected chi connectivity index (χ4v) is 4.86. The van der Waals surface area contributed by atoms with Gasteiger partial charge in [-0.05, 0) is 33.3 Å². The lowest BCUT2D eigenvalue weighted by atomic mass is 9.98. The molecule has 12 heteroatoms. The number of nitrogens with zero attached hydrogens (tertiary/aromatic N) is 2. The summed E-state index contributed by atoms with van der Waals surface area (Å²) in [6.07, 6.45) is 3.90. The summed E-state index contributed by atoms with van der Waals surface area (Å²) in [7, 11) is 0. The first-order chi connectivity index (χ1) is 15.5. The zero-order valence-corrected chi connectivity index (χ0v) is 20.4. The van der Waals surface area contributed by atoms with Gasteiger partial charge in [0, 0.05) is 11.1 Å². The first-order valence-electron chi connectivity index (χ1n) is 10.3. The molecule has 33 heavy (non-hydrogen) atoms. The zero-order valence-electron chi connectivity index (χ0n) is 18.7. The molecule has 0 radical (unpaired) electrons. The second-order valence-electron chi connectivity index (χ2n) is 8.30. The van der Waals surface area contributed by atoms with Crippen LogP contribution in [0.25, 0.3) is 5.57 Å². The van der Waals surface area contributed by atoms with Gasteiger partial charge in [0.15, 0.2) is 5.13 Å². The number of amides is 2. The van der Waals surface area contributed by atoms with Gasteiger partial charge >= 0.3 is 11.9 Å². The van der Waals surface area contributed by atoms with Crippen molar-refractivity contribution in [1.29, 1.82) is 0 Å². The van der Waals surface area contributed by atoms with Crippen LogP contribution in [0.4, 0.5) is 5.13 Å². The number of esters is 2. The lowest BCUT2D eigenvalue weighted by Crippen LogP contribution is -2.70. The maximum atomic E-state index is 12.9. The molecule has 0 unspecified atom stereocenters. The molecular formula is C21H26N4O6S2. The second kappa shape index (κ2) is 9.96. The van der Waals surface area contributed by atoms with Crippen molar-refractivity contribution in [3.05, 3.63) is 28.9 Å².